The van der Waals surface area contributed by atoms with Crippen molar-refractivity contribution in [2.24, 2.45) is 21.3 Å². The van der Waals surface area contributed by atoms with Crippen LogP contribution in [-0.2, 0) is 28.7 Å². The summed E-state index contributed by atoms with van der Waals surface area (Å²) in [5.41, 5.74) is 9.29. The average Bonchev–Trinajstić information content (AvgIpc) is 3.02. The number of carboxylic acids is 2. The summed E-state index contributed by atoms with van der Waals surface area (Å²) in [6, 6.07) is 11.5. The molecule has 2 aromatic carbocycles. The van der Waals surface area contributed by atoms with Gasteiger partial charge in [0.2, 0.25) is 17.7 Å². The maximum atomic E-state index is 12.5. The van der Waals surface area contributed by atoms with Gasteiger partial charge in [-0.2, -0.15) is 10.2 Å². The Kier molecular flexibility index (Phi) is 15.7. The summed E-state index contributed by atoms with van der Waals surface area (Å²) in [5, 5.41) is 40.5. The van der Waals surface area contributed by atoms with E-state index in [9.17, 15) is 39.0 Å². The van der Waals surface area contributed by atoms with E-state index in [4.69, 9.17) is 10.3 Å². The fourth-order valence-corrected chi connectivity index (χ4v) is 4.04. The number of alkyl carbamates (subject to hydrolysis) is 1. The molecule has 0 aliphatic heterocycles. The van der Waals surface area contributed by atoms with E-state index < -0.39 is 47.4 Å². The molecule has 0 bridgehead atoms. The molecule has 0 unspecified atom stereocenters. The van der Waals surface area contributed by atoms with Gasteiger partial charge in [-0.1, -0.05) is 5.11 Å². The number of benzene rings is 2. The van der Waals surface area contributed by atoms with Gasteiger partial charge in [-0.15, -0.1) is 0 Å². The first-order valence-corrected chi connectivity index (χ1v) is 15.1. The summed E-state index contributed by atoms with van der Waals surface area (Å²) < 4.78 is 5.05. The zero-order valence-corrected chi connectivity index (χ0v) is 27.2. The second kappa shape index (κ2) is 19.6. The number of ether oxygens (including phenoxy) is 1. The van der Waals surface area contributed by atoms with E-state index in [0.29, 0.717) is 22.7 Å². The van der Waals surface area contributed by atoms with Crippen molar-refractivity contribution in [2.75, 3.05) is 23.7 Å². The Morgan fingerprint density at radius 1 is 0.816 bits per heavy atom. The first-order chi connectivity index (χ1) is 23.1. The number of anilines is 2. The van der Waals surface area contributed by atoms with Gasteiger partial charge in [0.15, 0.2) is 0 Å². The van der Waals surface area contributed by atoms with Gasteiger partial charge in [0, 0.05) is 35.7 Å². The van der Waals surface area contributed by atoms with Crippen molar-refractivity contribution >= 4 is 58.5 Å². The number of hydrogen-bond donors (Lipinski definition) is 6. The van der Waals surface area contributed by atoms with Gasteiger partial charge >= 0.3 is 18.0 Å². The number of azo groups is 1. The van der Waals surface area contributed by atoms with Crippen LogP contribution in [0, 0.1) is 5.92 Å². The Labute approximate surface area is 281 Å². The quantitative estimate of drug-likeness (QED) is 0.0698. The standard InChI is InChI=1S/C31H39N9O9/c1-31(2,3)49-30(48)37-24(29(46)47)17-19(28(44)45)5-4-6-26(42)35-20-7-11-22(12-8-20)38-39-23-13-9-21(10-14-23)36-27(43)18-33-25(41)15-16-34-40-32/h7-14,19,24H,4-6,15-18H2,1-3H3,(H,33,41)(H,35,42)(H,36,43)(H,37,48)(H,44,45)(H,46,47)/b39-38+/t19-,24-/m0/s1. The van der Waals surface area contributed by atoms with E-state index in [1.54, 1.807) is 69.3 Å². The van der Waals surface area contributed by atoms with Crippen LogP contribution in [-0.4, -0.2) is 70.7 Å². The Hall–Kier alpha value is -6.03. The summed E-state index contributed by atoms with van der Waals surface area (Å²) in [7, 11) is 0. The fraction of sp³-hybridized carbons (Fsp3) is 0.419. The molecule has 2 rings (SSSR count). The zero-order chi connectivity index (χ0) is 36.4. The van der Waals surface area contributed by atoms with Gasteiger partial charge in [0.1, 0.15) is 11.6 Å². The number of nitrogens with zero attached hydrogens (tertiary/aromatic N) is 5. The van der Waals surface area contributed by atoms with Gasteiger partial charge in [0.25, 0.3) is 0 Å². The number of amides is 4. The number of azide groups is 1. The van der Waals surface area contributed by atoms with Gasteiger partial charge < -0.3 is 36.2 Å². The van der Waals surface area contributed by atoms with Crippen molar-refractivity contribution in [3.05, 3.63) is 59.0 Å². The van der Waals surface area contributed by atoms with Crippen molar-refractivity contribution in [1.82, 2.24) is 10.6 Å². The van der Waals surface area contributed by atoms with Crippen LogP contribution < -0.4 is 21.3 Å². The third kappa shape index (κ3) is 16.4. The number of rotatable bonds is 18. The van der Waals surface area contributed by atoms with E-state index in [1.807, 2.05) is 0 Å². The lowest BCUT2D eigenvalue weighted by Crippen LogP contribution is -2.45. The van der Waals surface area contributed by atoms with E-state index in [-0.39, 0.29) is 51.1 Å². The molecule has 0 saturated heterocycles. The highest BCUT2D eigenvalue weighted by Crippen LogP contribution is 2.22. The molecular weight excluding hydrogens is 642 g/mol. The predicted molar refractivity (Wildman–Crippen MR) is 176 cm³/mol. The van der Waals surface area contributed by atoms with Crippen LogP contribution in [0.15, 0.2) is 63.9 Å². The Balaban J connectivity index is 1.80. The van der Waals surface area contributed by atoms with E-state index in [1.165, 1.54) is 0 Å². The second-order valence-electron chi connectivity index (χ2n) is 11.6. The maximum Gasteiger partial charge on any atom is 0.408 e. The maximum absolute atomic E-state index is 12.5. The van der Waals surface area contributed by atoms with Crippen LogP contribution in [0.3, 0.4) is 0 Å². The Morgan fingerprint density at radius 3 is 1.86 bits per heavy atom. The van der Waals surface area contributed by atoms with E-state index in [2.05, 4.69) is 41.5 Å². The van der Waals surface area contributed by atoms with Gasteiger partial charge in [-0.05, 0) is 94.1 Å². The molecule has 0 saturated carbocycles. The highest BCUT2D eigenvalue weighted by molar-refractivity contribution is 5.94. The predicted octanol–water partition coefficient (Wildman–Crippen LogP) is 5.03. The SMILES string of the molecule is CC(C)(C)OC(=O)N[C@@H](C[C@H](CCCC(=O)Nc1ccc(/N=N/c2ccc(NC(=O)CNC(=O)CCN=[N+]=[N-])cc2)cc1)C(=O)O)C(=O)O. The topological polar surface area (TPSA) is 274 Å². The molecule has 6 N–H and O–H groups in total. The highest BCUT2D eigenvalue weighted by atomic mass is 16.6. The molecule has 0 aromatic heterocycles. The highest BCUT2D eigenvalue weighted by Gasteiger charge is 2.30. The molecule has 0 radical (unpaired) electrons. The minimum absolute atomic E-state index is 0.0000214. The number of carbonyl (C=O) groups excluding carboxylic acids is 4. The van der Waals surface area contributed by atoms with Crippen LogP contribution in [0.25, 0.3) is 10.4 Å². The van der Waals surface area contributed by atoms with Crippen LogP contribution in [0.2, 0.25) is 0 Å². The zero-order valence-electron chi connectivity index (χ0n) is 27.2. The second-order valence-corrected chi connectivity index (χ2v) is 11.6. The molecule has 2 aromatic rings. The van der Waals surface area contributed by atoms with Crippen LogP contribution in [0.1, 0.15) is 52.9 Å². The molecule has 18 heteroatoms. The summed E-state index contributed by atoms with van der Waals surface area (Å²) in [4.78, 5) is 74.0. The van der Waals surface area contributed by atoms with E-state index in [0.717, 1.165) is 0 Å². The molecule has 4 amide bonds. The molecule has 262 valence electrons. The Bertz CT molecular complexity index is 1550. The lowest BCUT2D eigenvalue weighted by atomic mass is 9.94. The number of hydrogen-bond acceptors (Lipinski definition) is 10. The third-order valence-corrected chi connectivity index (χ3v) is 6.35. The number of nitrogens with one attached hydrogen (secondary N) is 4. The first-order valence-electron chi connectivity index (χ1n) is 15.1. The molecule has 0 spiro atoms. The molecule has 0 fully saturated rings. The molecule has 0 aliphatic carbocycles. The van der Waals surface area contributed by atoms with Gasteiger partial charge in [-0.25, -0.2) is 9.59 Å². The first kappa shape index (κ1) is 39.1. The third-order valence-electron chi connectivity index (χ3n) is 6.35. The number of carboxylic acid groups (broad SMARTS) is 2. The van der Waals surface area contributed by atoms with E-state index >= 15 is 0 Å². The van der Waals surface area contributed by atoms with Crippen molar-refractivity contribution in [3.63, 3.8) is 0 Å². The molecule has 18 nitrogen and oxygen atoms in total. The van der Waals surface area contributed by atoms with Crippen LogP contribution in [0.4, 0.5) is 27.5 Å². The smallest absolute Gasteiger partial charge is 0.408 e. The summed E-state index contributed by atoms with van der Waals surface area (Å²) in [6.07, 6.45) is -1.24. The van der Waals surface area contributed by atoms with Gasteiger partial charge in [0.05, 0.1) is 23.8 Å². The largest absolute Gasteiger partial charge is 0.481 e. The summed E-state index contributed by atoms with van der Waals surface area (Å²) in [5.74, 6) is -5.01. The fourth-order valence-electron chi connectivity index (χ4n) is 4.04. The summed E-state index contributed by atoms with van der Waals surface area (Å²) in [6.45, 7) is 4.57. The van der Waals surface area contributed by atoms with Crippen molar-refractivity contribution in [2.45, 2.75) is 64.5 Å². The van der Waals surface area contributed by atoms with Crippen molar-refractivity contribution in [3.8, 4) is 0 Å². The van der Waals surface area contributed by atoms with Crippen molar-refractivity contribution < 1.29 is 43.7 Å². The van der Waals surface area contributed by atoms with Gasteiger partial charge in [-0.3, -0.25) is 19.2 Å². The average molecular weight is 682 g/mol. The molecule has 0 aliphatic rings. The molecule has 2 atom stereocenters. The monoisotopic (exact) mass is 681 g/mol. The van der Waals surface area contributed by atoms with Crippen LogP contribution >= 0.6 is 0 Å². The molecule has 49 heavy (non-hydrogen) atoms. The van der Waals surface area contributed by atoms with Crippen molar-refractivity contribution in [1.29, 1.82) is 0 Å². The molecule has 0 heterocycles. The minimum Gasteiger partial charge on any atom is -0.481 e. The van der Waals surface area contributed by atoms with Crippen LogP contribution in [0.5, 0.6) is 0 Å². The minimum atomic E-state index is -1.48. The number of carbonyl (C=O) groups is 6. The Morgan fingerprint density at radius 2 is 1.37 bits per heavy atom. The lowest BCUT2D eigenvalue weighted by molar-refractivity contribution is -0.144. The lowest BCUT2D eigenvalue weighted by Gasteiger charge is -2.23. The normalized spacial score (nSPS) is 12.1. The summed E-state index contributed by atoms with van der Waals surface area (Å²) >= 11 is 0. The molecular formula is C31H39N9O9. The number of aliphatic carboxylic acids is 2.